The van der Waals surface area contributed by atoms with Crippen LogP contribution < -0.4 is 16.0 Å². The molecule has 0 bridgehead atoms. The summed E-state index contributed by atoms with van der Waals surface area (Å²) < 4.78 is 0. The maximum Gasteiger partial charge on any atom is 0.239 e. The average molecular weight is 327 g/mol. The number of rotatable bonds is 6. The molecule has 6 nitrogen and oxygen atoms in total. The second kappa shape index (κ2) is 8.10. The Balaban J connectivity index is 1.91. The number of carbonyl (C=O) groups is 3. The summed E-state index contributed by atoms with van der Waals surface area (Å²) in [6, 6.07) is 13.7. The highest BCUT2D eigenvalue weighted by Crippen LogP contribution is 2.23. The molecule has 3 amide bonds. The van der Waals surface area contributed by atoms with Gasteiger partial charge in [-0.2, -0.15) is 0 Å². The lowest BCUT2D eigenvalue weighted by atomic mass is 10.00. The van der Waals surface area contributed by atoms with E-state index in [1.54, 1.807) is 0 Å². The van der Waals surface area contributed by atoms with Crippen molar-refractivity contribution in [2.45, 2.75) is 19.9 Å². The van der Waals surface area contributed by atoms with Gasteiger partial charge in [-0.1, -0.05) is 42.5 Å². The van der Waals surface area contributed by atoms with Crippen molar-refractivity contribution < 1.29 is 14.4 Å². The minimum atomic E-state index is -0.404. The molecule has 2 aromatic carbocycles. The van der Waals surface area contributed by atoms with E-state index in [9.17, 15) is 14.4 Å². The van der Waals surface area contributed by atoms with Gasteiger partial charge < -0.3 is 16.0 Å². The highest BCUT2D eigenvalue weighted by atomic mass is 16.2. The van der Waals surface area contributed by atoms with Crippen LogP contribution in [0.2, 0.25) is 0 Å². The highest BCUT2D eigenvalue weighted by molar-refractivity contribution is 5.89. The SMILES string of the molecule is CC(=O)NCC(=O)NCC(=O)N[C@H](C)c1cccc2ccccc12. The molecule has 2 rings (SSSR count). The van der Waals surface area contributed by atoms with E-state index in [0.717, 1.165) is 16.3 Å². The van der Waals surface area contributed by atoms with Crippen LogP contribution in [0.5, 0.6) is 0 Å². The zero-order chi connectivity index (χ0) is 17.5. The lowest BCUT2D eigenvalue weighted by Gasteiger charge is -2.17. The van der Waals surface area contributed by atoms with Gasteiger partial charge in [0.05, 0.1) is 19.1 Å². The van der Waals surface area contributed by atoms with Crippen LogP contribution in [0.15, 0.2) is 42.5 Å². The maximum absolute atomic E-state index is 12.0. The molecule has 126 valence electrons. The second-order valence-corrected chi connectivity index (χ2v) is 5.54. The Labute approximate surface area is 140 Å². The molecule has 0 saturated heterocycles. The van der Waals surface area contributed by atoms with Crippen LogP contribution in [-0.2, 0) is 14.4 Å². The zero-order valence-corrected chi connectivity index (χ0v) is 13.8. The smallest absolute Gasteiger partial charge is 0.239 e. The predicted molar refractivity (Wildman–Crippen MR) is 92.2 cm³/mol. The maximum atomic E-state index is 12.0. The minimum absolute atomic E-state index is 0.131. The normalized spacial score (nSPS) is 11.6. The van der Waals surface area contributed by atoms with Crippen LogP contribution >= 0.6 is 0 Å². The third-order valence-electron chi connectivity index (χ3n) is 3.61. The fourth-order valence-corrected chi connectivity index (χ4v) is 2.44. The first-order valence-electron chi connectivity index (χ1n) is 7.75. The van der Waals surface area contributed by atoms with Gasteiger partial charge in [-0.3, -0.25) is 14.4 Å². The van der Waals surface area contributed by atoms with Crippen molar-refractivity contribution in [2.75, 3.05) is 13.1 Å². The lowest BCUT2D eigenvalue weighted by Crippen LogP contribution is -2.42. The van der Waals surface area contributed by atoms with Crippen molar-refractivity contribution in [1.29, 1.82) is 0 Å². The first-order chi connectivity index (χ1) is 11.5. The van der Waals surface area contributed by atoms with E-state index >= 15 is 0 Å². The molecule has 0 saturated carbocycles. The largest absolute Gasteiger partial charge is 0.348 e. The van der Waals surface area contributed by atoms with Crippen molar-refractivity contribution in [3.8, 4) is 0 Å². The van der Waals surface area contributed by atoms with E-state index in [-0.39, 0.29) is 30.9 Å². The van der Waals surface area contributed by atoms with Crippen LogP contribution in [0.25, 0.3) is 10.8 Å². The van der Waals surface area contributed by atoms with Crippen molar-refractivity contribution in [2.24, 2.45) is 0 Å². The monoisotopic (exact) mass is 327 g/mol. The Kier molecular flexibility index (Phi) is 5.89. The first kappa shape index (κ1) is 17.5. The summed E-state index contributed by atoms with van der Waals surface area (Å²) in [4.78, 5) is 34.2. The Morgan fingerprint density at radius 2 is 1.58 bits per heavy atom. The molecule has 0 aliphatic rings. The Morgan fingerprint density at radius 1 is 0.917 bits per heavy atom. The molecule has 0 radical (unpaired) electrons. The quantitative estimate of drug-likeness (QED) is 0.747. The summed E-state index contributed by atoms with van der Waals surface area (Å²) in [7, 11) is 0. The minimum Gasteiger partial charge on any atom is -0.348 e. The number of hydrogen-bond acceptors (Lipinski definition) is 3. The molecule has 0 aromatic heterocycles. The predicted octanol–water partition coefficient (Wildman–Crippen LogP) is 1.27. The molecule has 0 unspecified atom stereocenters. The molecular formula is C18H21N3O3. The lowest BCUT2D eigenvalue weighted by molar-refractivity contribution is -0.127. The molecule has 0 spiro atoms. The van der Waals surface area contributed by atoms with Gasteiger partial charge in [0.1, 0.15) is 0 Å². The number of carbonyl (C=O) groups excluding carboxylic acids is 3. The number of amides is 3. The van der Waals surface area contributed by atoms with E-state index in [1.807, 2.05) is 49.4 Å². The molecule has 3 N–H and O–H groups in total. The third kappa shape index (κ3) is 4.81. The summed E-state index contributed by atoms with van der Waals surface area (Å²) in [5.74, 6) is -0.982. The van der Waals surface area contributed by atoms with Crippen LogP contribution in [0.4, 0.5) is 0 Å². The number of nitrogens with one attached hydrogen (secondary N) is 3. The van der Waals surface area contributed by atoms with E-state index in [4.69, 9.17) is 0 Å². The van der Waals surface area contributed by atoms with Gasteiger partial charge in [-0.05, 0) is 23.3 Å². The first-order valence-corrected chi connectivity index (χ1v) is 7.75. The fraction of sp³-hybridized carbons (Fsp3) is 0.278. The molecule has 1 atom stereocenters. The van der Waals surface area contributed by atoms with Gasteiger partial charge in [0.2, 0.25) is 17.7 Å². The van der Waals surface area contributed by atoms with Gasteiger partial charge in [0.15, 0.2) is 0 Å². The van der Waals surface area contributed by atoms with Crippen molar-refractivity contribution in [3.63, 3.8) is 0 Å². The van der Waals surface area contributed by atoms with Crippen LogP contribution in [0, 0.1) is 0 Å². The summed E-state index contributed by atoms with van der Waals surface area (Å²) in [5, 5.41) is 9.90. The van der Waals surface area contributed by atoms with Crippen LogP contribution in [-0.4, -0.2) is 30.8 Å². The van der Waals surface area contributed by atoms with Crippen molar-refractivity contribution in [3.05, 3.63) is 48.0 Å². The third-order valence-corrected chi connectivity index (χ3v) is 3.61. The molecule has 2 aromatic rings. The van der Waals surface area contributed by atoms with Gasteiger partial charge >= 0.3 is 0 Å². The van der Waals surface area contributed by atoms with Crippen molar-refractivity contribution >= 4 is 28.5 Å². The summed E-state index contributed by atoms with van der Waals surface area (Å²) in [6.07, 6.45) is 0. The summed E-state index contributed by atoms with van der Waals surface area (Å²) >= 11 is 0. The summed E-state index contributed by atoms with van der Waals surface area (Å²) in [6.45, 7) is 2.96. The van der Waals surface area contributed by atoms with Crippen molar-refractivity contribution in [1.82, 2.24) is 16.0 Å². The van der Waals surface area contributed by atoms with E-state index in [2.05, 4.69) is 16.0 Å². The molecule has 0 heterocycles. The van der Waals surface area contributed by atoms with Crippen LogP contribution in [0.1, 0.15) is 25.5 Å². The van der Waals surface area contributed by atoms with Gasteiger partial charge in [0, 0.05) is 6.92 Å². The standard InChI is InChI=1S/C18H21N3O3/c1-12(15-9-5-7-14-6-3-4-8-16(14)15)21-18(24)11-20-17(23)10-19-13(2)22/h3-9,12H,10-11H2,1-2H3,(H,19,22)(H,20,23)(H,21,24)/t12-/m1/s1. The molecule has 0 aliphatic carbocycles. The summed E-state index contributed by atoms with van der Waals surface area (Å²) in [5.41, 5.74) is 1.02. The van der Waals surface area contributed by atoms with Gasteiger partial charge in [-0.25, -0.2) is 0 Å². The Morgan fingerprint density at radius 3 is 2.33 bits per heavy atom. The molecule has 6 heteroatoms. The van der Waals surface area contributed by atoms with Gasteiger partial charge in [-0.15, -0.1) is 0 Å². The second-order valence-electron chi connectivity index (χ2n) is 5.54. The Hall–Kier alpha value is -2.89. The topological polar surface area (TPSA) is 87.3 Å². The highest BCUT2D eigenvalue weighted by Gasteiger charge is 2.13. The zero-order valence-electron chi connectivity index (χ0n) is 13.8. The molecular weight excluding hydrogens is 306 g/mol. The van der Waals surface area contributed by atoms with E-state index < -0.39 is 5.91 Å². The molecule has 24 heavy (non-hydrogen) atoms. The molecule has 0 aliphatic heterocycles. The van der Waals surface area contributed by atoms with Gasteiger partial charge in [0.25, 0.3) is 0 Å². The number of benzene rings is 2. The number of fused-ring (bicyclic) bond motifs is 1. The van der Waals surface area contributed by atoms with E-state index in [0.29, 0.717) is 0 Å². The Bertz CT molecular complexity index is 753. The fourth-order valence-electron chi connectivity index (χ4n) is 2.44. The average Bonchev–Trinajstić information content (AvgIpc) is 2.57. The number of hydrogen-bond donors (Lipinski definition) is 3. The van der Waals surface area contributed by atoms with E-state index in [1.165, 1.54) is 6.92 Å². The van der Waals surface area contributed by atoms with Crippen LogP contribution in [0.3, 0.4) is 0 Å². The molecule has 0 fully saturated rings.